The van der Waals surface area contributed by atoms with Crippen LogP contribution in [0.25, 0.3) is 0 Å². The summed E-state index contributed by atoms with van der Waals surface area (Å²) in [6.07, 6.45) is 2.52. The first-order valence-electron chi connectivity index (χ1n) is 5.13. The Kier molecular flexibility index (Phi) is 4.44. The van der Waals surface area contributed by atoms with Crippen LogP contribution in [0.15, 0.2) is 4.99 Å². The van der Waals surface area contributed by atoms with Gasteiger partial charge in [-0.05, 0) is 23.9 Å². The van der Waals surface area contributed by atoms with Crippen molar-refractivity contribution in [2.75, 3.05) is 14.1 Å². The Morgan fingerprint density at radius 1 is 1.56 bits per heavy atom. The molecule has 5 heteroatoms. The molecule has 1 heterocycles. The highest BCUT2D eigenvalue weighted by atomic mass is 32.1. The van der Waals surface area contributed by atoms with Crippen molar-refractivity contribution < 1.29 is 0 Å². The van der Waals surface area contributed by atoms with E-state index in [1.165, 1.54) is 11.5 Å². The highest BCUT2D eigenvalue weighted by Crippen LogP contribution is 2.28. The average Bonchev–Trinajstić information content (AvgIpc) is 2.56. The summed E-state index contributed by atoms with van der Waals surface area (Å²) in [5, 5.41) is 9.80. The summed E-state index contributed by atoms with van der Waals surface area (Å²) in [6.45, 7) is 4.23. The lowest BCUT2D eigenvalue weighted by Crippen LogP contribution is -2.06. The molecule has 4 nitrogen and oxygen atoms in total. The maximum atomic E-state index is 9.10. The van der Waals surface area contributed by atoms with E-state index in [-0.39, 0.29) is 0 Å². The fourth-order valence-electron chi connectivity index (χ4n) is 1.21. The SMILES string of the molecule is CC(C)Cc1nsc(N=CN(C)C)c1C#N. The van der Waals surface area contributed by atoms with Gasteiger partial charge >= 0.3 is 0 Å². The molecule has 0 aliphatic carbocycles. The molecule has 16 heavy (non-hydrogen) atoms. The average molecular weight is 236 g/mol. The predicted octanol–water partition coefficient (Wildman–Crippen LogP) is 2.43. The Balaban J connectivity index is 2.96. The molecule has 0 atom stereocenters. The molecule has 0 aliphatic heterocycles. The van der Waals surface area contributed by atoms with Gasteiger partial charge in [0.05, 0.1) is 12.0 Å². The van der Waals surface area contributed by atoms with E-state index in [1.807, 2.05) is 19.0 Å². The Labute approximate surface area is 100 Å². The van der Waals surface area contributed by atoms with Gasteiger partial charge < -0.3 is 4.90 Å². The summed E-state index contributed by atoms with van der Waals surface area (Å²) in [7, 11) is 3.79. The number of rotatable bonds is 4. The van der Waals surface area contributed by atoms with Crippen molar-refractivity contribution in [1.29, 1.82) is 5.26 Å². The van der Waals surface area contributed by atoms with E-state index < -0.39 is 0 Å². The van der Waals surface area contributed by atoms with Gasteiger partial charge in [0, 0.05) is 14.1 Å². The first-order valence-corrected chi connectivity index (χ1v) is 5.91. The number of nitrogens with zero attached hydrogens (tertiary/aromatic N) is 4. The number of nitriles is 1. The van der Waals surface area contributed by atoms with Crippen molar-refractivity contribution >= 4 is 22.9 Å². The molecule has 1 aromatic heterocycles. The lowest BCUT2D eigenvalue weighted by Gasteiger charge is -2.01. The molecule has 0 saturated heterocycles. The highest BCUT2D eigenvalue weighted by Gasteiger charge is 2.13. The minimum Gasteiger partial charge on any atom is -0.369 e. The van der Waals surface area contributed by atoms with Gasteiger partial charge in [0.25, 0.3) is 0 Å². The van der Waals surface area contributed by atoms with Crippen molar-refractivity contribution in [2.24, 2.45) is 10.9 Å². The zero-order chi connectivity index (χ0) is 12.1. The molecule has 0 bridgehead atoms. The zero-order valence-corrected chi connectivity index (χ0v) is 10.9. The van der Waals surface area contributed by atoms with E-state index in [4.69, 9.17) is 5.26 Å². The summed E-state index contributed by atoms with van der Waals surface area (Å²) in [5.41, 5.74) is 1.49. The van der Waals surface area contributed by atoms with Crippen LogP contribution >= 0.6 is 11.5 Å². The number of aromatic nitrogens is 1. The van der Waals surface area contributed by atoms with Gasteiger partial charge in [-0.2, -0.15) is 9.64 Å². The summed E-state index contributed by atoms with van der Waals surface area (Å²) >= 11 is 1.29. The molecule has 0 radical (unpaired) electrons. The third-order valence-electron chi connectivity index (χ3n) is 1.86. The summed E-state index contributed by atoms with van der Waals surface area (Å²) in [5.74, 6) is 0.500. The van der Waals surface area contributed by atoms with Crippen LogP contribution in [0, 0.1) is 17.2 Å². The van der Waals surface area contributed by atoms with Gasteiger partial charge in [-0.15, -0.1) is 0 Å². The molecule has 0 N–H and O–H groups in total. The van der Waals surface area contributed by atoms with Crippen LogP contribution in [0.3, 0.4) is 0 Å². The van der Waals surface area contributed by atoms with E-state index in [0.29, 0.717) is 16.5 Å². The smallest absolute Gasteiger partial charge is 0.155 e. The van der Waals surface area contributed by atoms with Crippen molar-refractivity contribution in [1.82, 2.24) is 9.27 Å². The van der Waals surface area contributed by atoms with Crippen LogP contribution in [0.5, 0.6) is 0 Å². The topological polar surface area (TPSA) is 52.3 Å². The third-order valence-corrected chi connectivity index (χ3v) is 2.66. The van der Waals surface area contributed by atoms with Crippen molar-refractivity contribution in [3.05, 3.63) is 11.3 Å². The quantitative estimate of drug-likeness (QED) is 0.596. The first-order chi connectivity index (χ1) is 7.54. The Morgan fingerprint density at radius 3 is 2.75 bits per heavy atom. The molecule has 0 amide bonds. The summed E-state index contributed by atoms with van der Waals surface area (Å²) in [6, 6.07) is 2.19. The van der Waals surface area contributed by atoms with Gasteiger partial charge in [0.2, 0.25) is 0 Å². The molecule has 0 aromatic carbocycles. The van der Waals surface area contributed by atoms with Crippen LogP contribution in [-0.2, 0) is 6.42 Å². The van der Waals surface area contributed by atoms with Gasteiger partial charge in [0.15, 0.2) is 5.00 Å². The van der Waals surface area contributed by atoms with Crippen LogP contribution < -0.4 is 0 Å². The standard InChI is InChI=1S/C11H16N4S/c1-8(2)5-10-9(6-12)11(16-14-10)13-7-15(3)4/h7-8H,5H2,1-4H3. The molecule has 0 unspecified atom stereocenters. The maximum Gasteiger partial charge on any atom is 0.155 e. The lowest BCUT2D eigenvalue weighted by atomic mass is 10.1. The van der Waals surface area contributed by atoms with E-state index in [2.05, 4.69) is 29.3 Å². The maximum absolute atomic E-state index is 9.10. The largest absolute Gasteiger partial charge is 0.369 e. The van der Waals surface area contributed by atoms with E-state index in [0.717, 1.165) is 12.1 Å². The minimum absolute atomic E-state index is 0.500. The minimum atomic E-state index is 0.500. The van der Waals surface area contributed by atoms with Crippen LogP contribution in [0.4, 0.5) is 5.00 Å². The molecule has 0 spiro atoms. The van der Waals surface area contributed by atoms with Gasteiger partial charge in [-0.3, -0.25) is 0 Å². The van der Waals surface area contributed by atoms with Crippen molar-refractivity contribution in [3.63, 3.8) is 0 Å². The normalized spacial score (nSPS) is 11.0. The second kappa shape index (κ2) is 5.61. The molecular weight excluding hydrogens is 220 g/mol. The van der Waals surface area contributed by atoms with Crippen LogP contribution in [0.2, 0.25) is 0 Å². The molecule has 0 fully saturated rings. The van der Waals surface area contributed by atoms with E-state index in [1.54, 1.807) is 6.34 Å². The van der Waals surface area contributed by atoms with E-state index >= 15 is 0 Å². The predicted molar refractivity (Wildman–Crippen MR) is 67.2 cm³/mol. The lowest BCUT2D eigenvalue weighted by molar-refractivity contribution is 0.638. The van der Waals surface area contributed by atoms with Crippen LogP contribution in [0.1, 0.15) is 25.1 Å². The molecule has 0 aliphatic rings. The molecule has 1 rings (SSSR count). The van der Waals surface area contributed by atoms with Gasteiger partial charge in [0.1, 0.15) is 11.6 Å². The monoisotopic (exact) mass is 236 g/mol. The Bertz CT molecular complexity index is 412. The molecule has 1 aromatic rings. The van der Waals surface area contributed by atoms with Gasteiger partial charge in [-0.25, -0.2) is 4.99 Å². The van der Waals surface area contributed by atoms with E-state index in [9.17, 15) is 0 Å². The fourth-order valence-corrected chi connectivity index (χ4v) is 1.92. The number of aliphatic imine (C=N–C) groups is 1. The van der Waals surface area contributed by atoms with Gasteiger partial charge in [-0.1, -0.05) is 13.8 Å². The number of hydrogen-bond donors (Lipinski definition) is 0. The highest BCUT2D eigenvalue weighted by molar-refractivity contribution is 7.10. The first kappa shape index (κ1) is 12.7. The van der Waals surface area contributed by atoms with Crippen molar-refractivity contribution in [2.45, 2.75) is 20.3 Å². The Hall–Kier alpha value is -1.41. The van der Waals surface area contributed by atoms with Crippen LogP contribution in [-0.4, -0.2) is 29.7 Å². The second-order valence-corrected chi connectivity index (χ2v) is 4.98. The Morgan fingerprint density at radius 2 is 2.25 bits per heavy atom. The number of hydrogen-bond acceptors (Lipinski definition) is 4. The molecule has 0 saturated carbocycles. The summed E-state index contributed by atoms with van der Waals surface area (Å²) in [4.78, 5) is 6.08. The zero-order valence-electron chi connectivity index (χ0n) is 10.1. The molecular formula is C11H16N4S. The fraction of sp³-hybridized carbons (Fsp3) is 0.545. The summed E-state index contributed by atoms with van der Waals surface area (Å²) < 4.78 is 4.29. The second-order valence-electron chi connectivity index (χ2n) is 4.23. The third kappa shape index (κ3) is 3.31. The van der Waals surface area contributed by atoms with Crippen molar-refractivity contribution in [3.8, 4) is 6.07 Å². The molecule has 86 valence electrons.